The lowest BCUT2D eigenvalue weighted by molar-refractivity contribution is 0.414. The Balaban J connectivity index is 1.34. The highest BCUT2D eigenvalue weighted by Gasteiger charge is 2.16. The summed E-state index contributed by atoms with van der Waals surface area (Å²) in [4.78, 5) is 18.8. The van der Waals surface area contributed by atoms with Crippen LogP contribution in [0.15, 0.2) is 83.9 Å². The van der Waals surface area contributed by atoms with E-state index >= 15 is 0 Å². The molecule has 8 nitrogen and oxygen atoms in total. The van der Waals surface area contributed by atoms with Gasteiger partial charge in [0.1, 0.15) is 17.9 Å². The van der Waals surface area contributed by atoms with Crippen LogP contribution in [-0.4, -0.2) is 38.2 Å². The number of methoxy groups -OCH3 is 1. The Bertz CT molecular complexity index is 1620. The van der Waals surface area contributed by atoms with Crippen LogP contribution in [0.3, 0.4) is 0 Å². The van der Waals surface area contributed by atoms with Gasteiger partial charge in [-0.05, 0) is 47.0 Å². The average molecular weight is 494 g/mol. The second-order valence-corrected chi connectivity index (χ2v) is 8.97. The summed E-state index contributed by atoms with van der Waals surface area (Å²) in [6.45, 7) is 0.690. The van der Waals surface area contributed by atoms with Gasteiger partial charge in [0.2, 0.25) is 5.95 Å². The number of thiophene rings is 1. The molecule has 4 aromatic heterocycles. The number of benzene rings is 2. The molecular formula is C27H23N7OS. The first-order valence-corrected chi connectivity index (χ1v) is 12.5. The van der Waals surface area contributed by atoms with Crippen LogP contribution in [0.2, 0.25) is 0 Å². The average Bonchev–Trinajstić information content (AvgIpc) is 3.60. The van der Waals surface area contributed by atoms with E-state index < -0.39 is 0 Å². The molecule has 9 heteroatoms. The number of nitrogens with zero attached hydrogens (tertiary/aromatic N) is 5. The lowest BCUT2D eigenvalue weighted by atomic mass is 10.1. The molecule has 0 aliphatic rings. The van der Waals surface area contributed by atoms with E-state index in [0.29, 0.717) is 29.6 Å². The molecule has 0 spiro atoms. The van der Waals surface area contributed by atoms with Crippen LogP contribution in [-0.2, 0) is 6.42 Å². The molecule has 0 atom stereocenters. The molecule has 6 aromatic rings. The minimum atomic E-state index is 0.454. The zero-order valence-corrected chi connectivity index (χ0v) is 20.4. The normalized spacial score (nSPS) is 11.1. The van der Waals surface area contributed by atoms with Gasteiger partial charge in [0.05, 0.1) is 12.8 Å². The molecular weight excluding hydrogens is 470 g/mol. The molecule has 178 valence electrons. The van der Waals surface area contributed by atoms with Crippen LogP contribution in [0.4, 0.5) is 17.6 Å². The van der Waals surface area contributed by atoms with Gasteiger partial charge < -0.3 is 15.4 Å². The number of anilines is 3. The highest BCUT2D eigenvalue weighted by Crippen LogP contribution is 2.27. The van der Waals surface area contributed by atoms with Gasteiger partial charge in [0.15, 0.2) is 17.0 Å². The van der Waals surface area contributed by atoms with Crippen molar-refractivity contribution in [3.05, 3.63) is 89.5 Å². The van der Waals surface area contributed by atoms with E-state index in [1.807, 2.05) is 52.4 Å². The third-order valence-electron chi connectivity index (χ3n) is 5.95. The Morgan fingerprint density at radius 2 is 1.83 bits per heavy atom. The minimum Gasteiger partial charge on any atom is -0.497 e. The standard InChI is InChI=1S/C27H23N7OS/c1-35-21-8-6-18(7-9-21)10-13-29-25-23-26(34(17-30-23)20-12-15-36-16-20)33-27(32-25)31-24-22-5-3-2-4-19(22)11-14-28-24/h2-9,11-12,14-17H,10,13H2,1H3,(H2,28,29,31,32,33). The first kappa shape index (κ1) is 22.0. The van der Waals surface area contributed by atoms with Crippen LogP contribution in [0, 0.1) is 0 Å². The first-order chi connectivity index (χ1) is 17.8. The maximum atomic E-state index is 5.26. The lowest BCUT2D eigenvalue weighted by Crippen LogP contribution is -2.10. The van der Waals surface area contributed by atoms with E-state index in [0.717, 1.165) is 34.3 Å². The van der Waals surface area contributed by atoms with Gasteiger partial charge in [0, 0.05) is 23.5 Å². The monoisotopic (exact) mass is 493 g/mol. The number of pyridine rings is 1. The van der Waals surface area contributed by atoms with Crippen LogP contribution in [0.25, 0.3) is 27.6 Å². The van der Waals surface area contributed by atoms with Crippen molar-refractivity contribution in [2.75, 3.05) is 24.3 Å². The summed E-state index contributed by atoms with van der Waals surface area (Å²) in [5.74, 6) is 2.68. The molecule has 0 aliphatic heterocycles. The van der Waals surface area contributed by atoms with Gasteiger partial charge in [0.25, 0.3) is 0 Å². The summed E-state index contributed by atoms with van der Waals surface area (Å²) in [5, 5.41) is 13.0. The van der Waals surface area contributed by atoms with E-state index in [4.69, 9.17) is 14.7 Å². The van der Waals surface area contributed by atoms with E-state index in [9.17, 15) is 0 Å². The largest absolute Gasteiger partial charge is 0.497 e. The van der Waals surface area contributed by atoms with Crippen molar-refractivity contribution in [2.45, 2.75) is 6.42 Å². The Labute approximate surface area is 211 Å². The number of aromatic nitrogens is 5. The van der Waals surface area contributed by atoms with Crippen molar-refractivity contribution < 1.29 is 4.74 Å². The molecule has 0 unspecified atom stereocenters. The first-order valence-electron chi connectivity index (χ1n) is 11.5. The predicted molar refractivity (Wildman–Crippen MR) is 145 cm³/mol. The molecule has 2 aromatic carbocycles. The third kappa shape index (κ3) is 4.32. The molecule has 4 heterocycles. The smallest absolute Gasteiger partial charge is 0.232 e. The number of fused-ring (bicyclic) bond motifs is 2. The molecule has 0 saturated carbocycles. The van der Waals surface area contributed by atoms with Gasteiger partial charge in [-0.15, -0.1) is 0 Å². The third-order valence-corrected chi connectivity index (χ3v) is 6.62. The number of hydrogen-bond acceptors (Lipinski definition) is 8. The van der Waals surface area contributed by atoms with Crippen molar-refractivity contribution in [1.82, 2.24) is 24.5 Å². The molecule has 2 N–H and O–H groups in total. The Hall–Kier alpha value is -4.50. The van der Waals surface area contributed by atoms with E-state index in [-0.39, 0.29) is 0 Å². The number of rotatable bonds is 8. The Kier molecular flexibility index (Phi) is 5.88. The zero-order valence-electron chi connectivity index (χ0n) is 19.5. The second-order valence-electron chi connectivity index (χ2n) is 8.19. The SMILES string of the molecule is COc1ccc(CCNc2nc(Nc3nccc4ccccc34)nc3c2ncn3-c2ccsc2)cc1. The Morgan fingerprint density at radius 3 is 2.67 bits per heavy atom. The number of ether oxygens (including phenoxy) is 1. The van der Waals surface area contributed by atoms with Gasteiger partial charge in [-0.25, -0.2) is 9.97 Å². The number of hydrogen-bond donors (Lipinski definition) is 2. The maximum Gasteiger partial charge on any atom is 0.232 e. The molecule has 0 fully saturated rings. The highest BCUT2D eigenvalue weighted by molar-refractivity contribution is 7.08. The van der Waals surface area contributed by atoms with E-state index in [1.165, 1.54) is 5.56 Å². The summed E-state index contributed by atoms with van der Waals surface area (Å²) < 4.78 is 7.23. The predicted octanol–water partition coefficient (Wildman–Crippen LogP) is 5.83. The Morgan fingerprint density at radius 1 is 0.944 bits per heavy atom. The van der Waals surface area contributed by atoms with Crippen molar-refractivity contribution in [2.24, 2.45) is 0 Å². The topological polar surface area (TPSA) is 89.8 Å². The highest BCUT2D eigenvalue weighted by atomic mass is 32.1. The summed E-state index contributed by atoms with van der Waals surface area (Å²) in [6.07, 6.45) is 4.40. The second kappa shape index (κ2) is 9.63. The quantitative estimate of drug-likeness (QED) is 0.276. The van der Waals surface area contributed by atoms with Crippen LogP contribution < -0.4 is 15.4 Å². The van der Waals surface area contributed by atoms with Gasteiger partial charge >= 0.3 is 0 Å². The summed E-state index contributed by atoms with van der Waals surface area (Å²) in [6, 6.07) is 20.2. The maximum absolute atomic E-state index is 5.26. The van der Waals surface area contributed by atoms with Crippen LogP contribution in [0.1, 0.15) is 5.56 Å². The summed E-state index contributed by atoms with van der Waals surface area (Å²) >= 11 is 1.63. The van der Waals surface area contributed by atoms with Gasteiger partial charge in [-0.3, -0.25) is 4.57 Å². The van der Waals surface area contributed by atoms with Crippen molar-refractivity contribution in [3.63, 3.8) is 0 Å². The number of imidazole rings is 1. The molecule has 0 amide bonds. The molecule has 6 rings (SSSR count). The van der Waals surface area contributed by atoms with Crippen molar-refractivity contribution in [3.8, 4) is 11.4 Å². The van der Waals surface area contributed by atoms with Crippen LogP contribution in [0.5, 0.6) is 5.75 Å². The van der Waals surface area contributed by atoms with Crippen molar-refractivity contribution >= 4 is 50.9 Å². The van der Waals surface area contributed by atoms with E-state index in [1.54, 1.807) is 31.0 Å². The number of nitrogens with one attached hydrogen (secondary N) is 2. The van der Waals surface area contributed by atoms with Gasteiger partial charge in [-0.1, -0.05) is 36.4 Å². The summed E-state index contributed by atoms with van der Waals surface area (Å²) in [5.41, 5.74) is 3.65. The summed E-state index contributed by atoms with van der Waals surface area (Å²) in [7, 11) is 1.67. The minimum absolute atomic E-state index is 0.454. The molecule has 0 bridgehead atoms. The zero-order chi connectivity index (χ0) is 24.3. The fourth-order valence-corrected chi connectivity index (χ4v) is 4.73. The van der Waals surface area contributed by atoms with Crippen molar-refractivity contribution in [1.29, 1.82) is 0 Å². The molecule has 0 aliphatic carbocycles. The fourth-order valence-electron chi connectivity index (χ4n) is 4.11. The van der Waals surface area contributed by atoms with E-state index in [2.05, 4.69) is 44.2 Å². The van der Waals surface area contributed by atoms with Gasteiger partial charge in [-0.2, -0.15) is 21.3 Å². The fraction of sp³-hybridized carbons (Fsp3) is 0.111. The molecule has 0 radical (unpaired) electrons. The van der Waals surface area contributed by atoms with Crippen LogP contribution >= 0.6 is 11.3 Å². The molecule has 0 saturated heterocycles. The lowest BCUT2D eigenvalue weighted by Gasteiger charge is -2.11. The molecule has 36 heavy (non-hydrogen) atoms.